The van der Waals surface area contributed by atoms with E-state index in [0.717, 1.165) is 19.1 Å². The van der Waals surface area contributed by atoms with E-state index in [1.807, 2.05) is 0 Å². The molecule has 0 aliphatic heterocycles. The molecule has 4 nitrogen and oxygen atoms in total. The SMILES string of the molecule is CC(=O)NC(=CC(=O)O)c1ccccc1C(F)(F)F. The van der Waals surface area contributed by atoms with Crippen LogP contribution in [0, 0.1) is 0 Å². The summed E-state index contributed by atoms with van der Waals surface area (Å²) in [5.41, 5.74) is -1.82. The smallest absolute Gasteiger partial charge is 0.417 e. The van der Waals surface area contributed by atoms with Crippen molar-refractivity contribution in [1.82, 2.24) is 5.32 Å². The Morgan fingerprint density at radius 2 is 1.84 bits per heavy atom. The molecule has 0 bridgehead atoms. The van der Waals surface area contributed by atoms with E-state index in [4.69, 9.17) is 5.11 Å². The van der Waals surface area contributed by atoms with Gasteiger partial charge in [0.25, 0.3) is 0 Å². The predicted molar refractivity (Wildman–Crippen MR) is 60.9 cm³/mol. The maximum Gasteiger partial charge on any atom is 0.417 e. The van der Waals surface area contributed by atoms with Crippen LogP contribution in [0.1, 0.15) is 18.1 Å². The van der Waals surface area contributed by atoms with Gasteiger partial charge in [-0.1, -0.05) is 18.2 Å². The fraction of sp³-hybridized carbons (Fsp3) is 0.167. The summed E-state index contributed by atoms with van der Waals surface area (Å²) < 4.78 is 38.4. The summed E-state index contributed by atoms with van der Waals surface area (Å²) in [6.07, 6.45) is -4.13. The third-order valence-corrected chi connectivity index (χ3v) is 2.10. The molecule has 0 spiro atoms. The number of hydrogen-bond acceptors (Lipinski definition) is 2. The maximum absolute atomic E-state index is 12.8. The van der Waals surface area contributed by atoms with Gasteiger partial charge in [0.15, 0.2) is 0 Å². The van der Waals surface area contributed by atoms with Crippen molar-refractivity contribution in [2.75, 3.05) is 0 Å². The topological polar surface area (TPSA) is 66.4 Å². The van der Waals surface area contributed by atoms with E-state index < -0.39 is 34.9 Å². The van der Waals surface area contributed by atoms with Crippen LogP contribution in [0.2, 0.25) is 0 Å². The van der Waals surface area contributed by atoms with Crippen LogP contribution in [0.4, 0.5) is 13.2 Å². The Balaban J connectivity index is 3.39. The van der Waals surface area contributed by atoms with E-state index in [9.17, 15) is 22.8 Å². The van der Waals surface area contributed by atoms with Crippen LogP contribution >= 0.6 is 0 Å². The summed E-state index contributed by atoms with van der Waals surface area (Å²) in [5.74, 6) is -2.12. The quantitative estimate of drug-likeness (QED) is 0.830. The molecule has 0 aliphatic rings. The summed E-state index contributed by atoms with van der Waals surface area (Å²) in [6.45, 7) is 1.08. The second-order valence-corrected chi connectivity index (χ2v) is 3.62. The number of carboxylic acids is 1. The summed E-state index contributed by atoms with van der Waals surface area (Å²) >= 11 is 0. The molecule has 0 saturated carbocycles. The lowest BCUT2D eigenvalue weighted by Crippen LogP contribution is -2.21. The van der Waals surface area contributed by atoms with Crippen LogP contribution in [-0.4, -0.2) is 17.0 Å². The standard InChI is InChI=1S/C12H10F3NO3/c1-7(17)16-10(6-11(18)19)8-4-2-3-5-9(8)12(13,14)15/h2-6H,1H3,(H,16,17)(H,18,19). The van der Waals surface area contributed by atoms with E-state index >= 15 is 0 Å². The highest BCUT2D eigenvalue weighted by Gasteiger charge is 2.34. The van der Waals surface area contributed by atoms with Crippen LogP contribution in [0.3, 0.4) is 0 Å². The normalized spacial score (nSPS) is 12.1. The van der Waals surface area contributed by atoms with Crippen molar-refractivity contribution in [3.05, 3.63) is 41.5 Å². The van der Waals surface area contributed by atoms with Crippen molar-refractivity contribution in [1.29, 1.82) is 0 Å². The first-order valence-corrected chi connectivity index (χ1v) is 5.10. The summed E-state index contributed by atoms with van der Waals surface area (Å²) in [5, 5.41) is 10.7. The van der Waals surface area contributed by atoms with Crippen LogP contribution in [0.5, 0.6) is 0 Å². The highest BCUT2D eigenvalue weighted by Crippen LogP contribution is 2.34. The van der Waals surface area contributed by atoms with Gasteiger partial charge in [0, 0.05) is 18.6 Å². The molecule has 7 heteroatoms. The molecule has 102 valence electrons. The van der Waals surface area contributed by atoms with Crippen molar-refractivity contribution < 1.29 is 27.9 Å². The number of benzene rings is 1. The molecule has 1 aromatic carbocycles. The van der Waals surface area contributed by atoms with Gasteiger partial charge < -0.3 is 10.4 Å². The zero-order chi connectivity index (χ0) is 14.6. The Morgan fingerprint density at radius 1 is 1.26 bits per heavy atom. The van der Waals surface area contributed by atoms with Gasteiger partial charge in [-0.05, 0) is 6.07 Å². The second kappa shape index (κ2) is 5.55. The lowest BCUT2D eigenvalue weighted by Gasteiger charge is -2.15. The minimum Gasteiger partial charge on any atom is -0.478 e. The highest BCUT2D eigenvalue weighted by molar-refractivity contribution is 5.95. The number of aliphatic carboxylic acids is 1. The molecular formula is C12H10F3NO3. The largest absolute Gasteiger partial charge is 0.478 e. The fourth-order valence-electron chi connectivity index (χ4n) is 1.46. The lowest BCUT2D eigenvalue weighted by atomic mass is 10.0. The predicted octanol–water partition coefficient (Wildman–Crippen LogP) is 2.27. The molecule has 19 heavy (non-hydrogen) atoms. The molecule has 0 aliphatic carbocycles. The average molecular weight is 273 g/mol. The van der Waals surface area contributed by atoms with Gasteiger partial charge in [0.1, 0.15) is 0 Å². The number of carbonyl (C=O) groups is 2. The zero-order valence-corrected chi connectivity index (χ0v) is 9.78. The van der Waals surface area contributed by atoms with Gasteiger partial charge in [-0.2, -0.15) is 13.2 Å². The van der Waals surface area contributed by atoms with Crippen LogP contribution in [-0.2, 0) is 15.8 Å². The third-order valence-electron chi connectivity index (χ3n) is 2.10. The summed E-state index contributed by atoms with van der Waals surface area (Å²) in [4.78, 5) is 21.6. The maximum atomic E-state index is 12.8. The first kappa shape index (κ1) is 14.7. The van der Waals surface area contributed by atoms with E-state index in [-0.39, 0.29) is 0 Å². The molecule has 0 fully saturated rings. The van der Waals surface area contributed by atoms with Crippen LogP contribution < -0.4 is 5.32 Å². The Kier molecular flexibility index (Phi) is 4.31. The molecular weight excluding hydrogens is 263 g/mol. The number of carbonyl (C=O) groups excluding carboxylic acids is 1. The number of carboxylic acid groups (broad SMARTS) is 1. The average Bonchev–Trinajstić information content (AvgIpc) is 2.25. The van der Waals surface area contributed by atoms with E-state index in [1.165, 1.54) is 12.1 Å². The van der Waals surface area contributed by atoms with Crippen molar-refractivity contribution >= 4 is 17.6 Å². The number of amides is 1. The number of halogens is 3. The van der Waals surface area contributed by atoms with Gasteiger partial charge in [0.2, 0.25) is 5.91 Å². The van der Waals surface area contributed by atoms with Gasteiger partial charge in [-0.15, -0.1) is 0 Å². The fourth-order valence-corrected chi connectivity index (χ4v) is 1.46. The van der Waals surface area contributed by atoms with E-state index in [0.29, 0.717) is 6.08 Å². The Hall–Kier alpha value is -2.31. The van der Waals surface area contributed by atoms with Crippen molar-refractivity contribution in [2.24, 2.45) is 0 Å². The van der Waals surface area contributed by atoms with Crippen molar-refractivity contribution in [3.8, 4) is 0 Å². The lowest BCUT2D eigenvalue weighted by molar-refractivity contribution is -0.138. The number of alkyl halides is 3. The van der Waals surface area contributed by atoms with Crippen molar-refractivity contribution in [2.45, 2.75) is 13.1 Å². The van der Waals surface area contributed by atoms with Crippen molar-refractivity contribution in [3.63, 3.8) is 0 Å². The molecule has 2 N–H and O–H groups in total. The summed E-state index contributed by atoms with van der Waals surface area (Å²) in [6, 6.07) is 4.40. The van der Waals surface area contributed by atoms with Gasteiger partial charge in [-0.25, -0.2) is 4.79 Å². The highest BCUT2D eigenvalue weighted by atomic mass is 19.4. The number of nitrogens with one attached hydrogen (secondary N) is 1. The first-order valence-electron chi connectivity index (χ1n) is 5.10. The van der Waals surface area contributed by atoms with Crippen LogP contribution in [0.15, 0.2) is 30.3 Å². The second-order valence-electron chi connectivity index (χ2n) is 3.62. The zero-order valence-electron chi connectivity index (χ0n) is 9.78. The molecule has 1 aromatic rings. The van der Waals surface area contributed by atoms with E-state index in [1.54, 1.807) is 0 Å². The molecule has 0 atom stereocenters. The monoisotopic (exact) mass is 273 g/mol. The molecule has 1 amide bonds. The molecule has 0 radical (unpaired) electrons. The Labute approximate surface area is 106 Å². The van der Waals surface area contributed by atoms with E-state index in [2.05, 4.69) is 5.32 Å². The number of rotatable bonds is 3. The Morgan fingerprint density at radius 3 is 2.32 bits per heavy atom. The van der Waals surface area contributed by atoms with Gasteiger partial charge in [0.05, 0.1) is 11.3 Å². The molecule has 0 aromatic heterocycles. The minimum atomic E-state index is -4.65. The summed E-state index contributed by atoms with van der Waals surface area (Å²) in [7, 11) is 0. The molecule has 0 unspecified atom stereocenters. The first-order chi connectivity index (χ1) is 8.71. The third kappa shape index (κ3) is 4.13. The van der Waals surface area contributed by atoms with Gasteiger partial charge >= 0.3 is 12.1 Å². The molecule has 1 rings (SSSR count). The minimum absolute atomic E-state index is 0.396. The molecule has 0 heterocycles. The number of hydrogen-bond donors (Lipinski definition) is 2. The van der Waals surface area contributed by atoms with Gasteiger partial charge in [-0.3, -0.25) is 4.79 Å². The molecule has 0 saturated heterocycles. The van der Waals surface area contributed by atoms with Crippen LogP contribution in [0.25, 0.3) is 5.70 Å². The Bertz CT molecular complexity index is 535.